The Kier molecular flexibility index (Phi) is 8.89. The summed E-state index contributed by atoms with van der Waals surface area (Å²) in [5, 5.41) is 9.69. The second kappa shape index (κ2) is 12.5. The van der Waals surface area contributed by atoms with Gasteiger partial charge in [0, 0.05) is 42.3 Å². The molecule has 2 aliphatic rings. The van der Waals surface area contributed by atoms with Crippen LogP contribution in [0.1, 0.15) is 32.1 Å². The molecule has 0 amide bonds. The van der Waals surface area contributed by atoms with Crippen molar-refractivity contribution in [3.63, 3.8) is 0 Å². The summed E-state index contributed by atoms with van der Waals surface area (Å²) >= 11 is 13.4. The topological polar surface area (TPSA) is 95.7 Å². The van der Waals surface area contributed by atoms with Crippen LogP contribution in [0.15, 0.2) is 18.3 Å². The first-order chi connectivity index (χ1) is 18.6. The third-order valence-corrected chi connectivity index (χ3v) is 7.73. The molecule has 11 heteroatoms. The van der Waals surface area contributed by atoms with Gasteiger partial charge in [-0.25, -0.2) is 4.98 Å². The van der Waals surface area contributed by atoms with E-state index in [1.54, 1.807) is 26.5 Å². The predicted octanol–water partition coefficient (Wildman–Crippen LogP) is 6.10. The maximum atomic E-state index is 6.72. The van der Waals surface area contributed by atoms with E-state index < -0.39 is 0 Å². The highest BCUT2D eigenvalue weighted by atomic mass is 35.5. The maximum Gasteiger partial charge on any atom is 0.141 e. The van der Waals surface area contributed by atoms with E-state index in [4.69, 9.17) is 47.4 Å². The predicted molar refractivity (Wildman–Crippen MR) is 152 cm³/mol. The van der Waals surface area contributed by atoms with Gasteiger partial charge in [-0.15, -0.1) is 0 Å². The van der Waals surface area contributed by atoms with Crippen molar-refractivity contribution in [2.45, 2.75) is 38.1 Å². The fourth-order valence-corrected chi connectivity index (χ4v) is 5.61. The van der Waals surface area contributed by atoms with Crippen molar-refractivity contribution in [1.29, 1.82) is 0 Å². The molecule has 0 radical (unpaired) electrons. The fourth-order valence-electron chi connectivity index (χ4n) is 4.91. The molecule has 4 heterocycles. The molecule has 5 rings (SSSR count). The number of halogens is 2. The summed E-state index contributed by atoms with van der Waals surface area (Å²) in [6.07, 6.45) is 7.38. The van der Waals surface area contributed by atoms with Gasteiger partial charge in [0.05, 0.1) is 36.6 Å². The molecule has 204 valence electrons. The lowest BCUT2D eigenvalue weighted by molar-refractivity contribution is 0.196. The molecular weight excluding hydrogens is 527 g/mol. The van der Waals surface area contributed by atoms with Crippen LogP contribution in [0.2, 0.25) is 10.0 Å². The number of fused-ring (bicyclic) bond motifs is 1. The lowest BCUT2D eigenvalue weighted by Gasteiger charge is -2.21. The Balaban J connectivity index is 1.47. The summed E-state index contributed by atoms with van der Waals surface area (Å²) < 4.78 is 16.4. The first-order valence-corrected chi connectivity index (χ1v) is 13.9. The number of rotatable bonds is 11. The van der Waals surface area contributed by atoms with Gasteiger partial charge in [0.15, 0.2) is 0 Å². The second-order valence-electron chi connectivity index (χ2n) is 9.58. The Bertz CT molecular complexity index is 1240. The van der Waals surface area contributed by atoms with E-state index in [9.17, 15) is 0 Å². The van der Waals surface area contributed by atoms with Gasteiger partial charge in [-0.2, -0.15) is 0 Å². The van der Waals surface area contributed by atoms with Crippen molar-refractivity contribution >= 4 is 45.9 Å². The monoisotopic (exact) mass is 559 g/mol. The van der Waals surface area contributed by atoms with Crippen LogP contribution >= 0.6 is 23.2 Å². The standard InChI is InChI=1S/C27H33Cl2N6O3/c1-36-20-14-21(37-2)24(29)22(23(20)28)19-13-17-15-31-27(32-18-7-12-38-16-18)34-25(17)26(33-19)30-8-3-4-9-35-10-5-6-11-35/h13-15,18H,3-12,16H2,1-2H3,(H-,30,31,32,33,34)/q-1. The number of ether oxygens (including phenoxy) is 3. The van der Waals surface area contributed by atoms with E-state index in [0.29, 0.717) is 63.3 Å². The van der Waals surface area contributed by atoms with E-state index >= 15 is 0 Å². The van der Waals surface area contributed by atoms with Crippen molar-refractivity contribution in [2.24, 2.45) is 0 Å². The molecule has 2 saturated heterocycles. The summed E-state index contributed by atoms with van der Waals surface area (Å²) in [7, 11) is 3.10. The summed E-state index contributed by atoms with van der Waals surface area (Å²) in [5.74, 6) is 1.96. The third kappa shape index (κ3) is 6.01. The SMILES string of the molecule is COc1cc(OC)c(Cl)c(-c2cc3cnc([N-]C4CCOC4)nc3c(NCCCCN3CCCC3)n2)c1Cl. The van der Waals surface area contributed by atoms with Crippen LogP contribution in [0, 0.1) is 0 Å². The number of hydrogen-bond donors (Lipinski definition) is 1. The number of anilines is 1. The molecule has 2 fully saturated rings. The van der Waals surface area contributed by atoms with Gasteiger partial charge < -0.3 is 39.7 Å². The first kappa shape index (κ1) is 27.0. The minimum absolute atomic E-state index is 0.0727. The van der Waals surface area contributed by atoms with E-state index in [0.717, 1.165) is 37.7 Å². The smallest absolute Gasteiger partial charge is 0.141 e. The number of hydrogen-bond acceptors (Lipinski definition) is 8. The molecule has 9 nitrogen and oxygen atoms in total. The van der Waals surface area contributed by atoms with Crippen LogP contribution in [0.5, 0.6) is 11.5 Å². The van der Waals surface area contributed by atoms with Crippen molar-refractivity contribution in [2.75, 3.05) is 58.9 Å². The third-order valence-electron chi connectivity index (χ3n) is 6.98. The molecule has 1 atom stereocenters. The zero-order valence-corrected chi connectivity index (χ0v) is 23.3. The lowest BCUT2D eigenvalue weighted by atomic mass is 10.1. The number of methoxy groups -OCH3 is 2. The average Bonchev–Trinajstić information content (AvgIpc) is 3.64. The molecule has 0 aliphatic carbocycles. The molecular formula is C27H33Cl2N6O3-. The molecule has 2 aromatic heterocycles. The van der Waals surface area contributed by atoms with Crippen LogP contribution in [-0.4, -0.2) is 79.5 Å². The molecule has 0 bridgehead atoms. The molecule has 2 aliphatic heterocycles. The highest BCUT2D eigenvalue weighted by Crippen LogP contribution is 2.46. The normalized spacial score (nSPS) is 17.7. The minimum atomic E-state index is 0.0727. The first-order valence-electron chi connectivity index (χ1n) is 13.1. The summed E-state index contributed by atoms with van der Waals surface area (Å²) in [6, 6.07) is 3.62. The van der Waals surface area contributed by atoms with E-state index in [1.807, 2.05) is 6.07 Å². The molecule has 38 heavy (non-hydrogen) atoms. The zero-order valence-electron chi connectivity index (χ0n) is 21.8. The highest BCUT2D eigenvalue weighted by Gasteiger charge is 2.21. The number of benzene rings is 1. The fraction of sp³-hybridized carbons (Fsp3) is 0.519. The van der Waals surface area contributed by atoms with Crippen molar-refractivity contribution in [3.8, 4) is 22.8 Å². The Labute approximate surface area is 233 Å². The number of likely N-dealkylation sites (tertiary alicyclic amines) is 1. The van der Waals surface area contributed by atoms with Crippen molar-refractivity contribution < 1.29 is 14.2 Å². The van der Waals surface area contributed by atoms with Crippen molar-refractivity contribution in [1.82, 2.24) is 19.9 Å². The number of pyridine rings is 1. The Morgan fingerprint density at radius 2 is 1.84 bits per heavy atom. The van der Waals surface area contributed by atoms with Gasteiger partial charge in [-0.3, -0.25) is 0 Å². The number of unbranched alkanes of at least 4 members (excludes halogenated alkanes) is 1. The van der Waals surface area contributed by atoms with E-state index in [2.05, 4.69) is 20.5 Å². The van der Waals surface area contributed by atoms with Gasteiger partial charge >= 0.3 is 0 Å². The number of nitrogens with one attached hydrogen (secondary N) is 1. The van der Waals surface area contributed by atoms with Crippen LogP contribution in [-0.2, 0) is 4.74 Å². The zero-order chi connectivity index (χ0) is 26.5. The van der Waals surface area contributed by atoms with Gasteiger partial charge in [-0.1, -0.05) is 23.2 Å². The molecule has 3 aromatic rings. The maximum absolute atomic E-state index is 6.72. The second-order valence-corrected chi connectivity index (χ2v) is 10.3. The summed E-state index contributed by atoms with van der Waals surface area (Å²) in [6.45, 7) is 5.61. The van der Waals surface area contributed by atoms with Crippen LogP contribution in [0.3, 0.4) is 0 Å². The lowest BCUT2D eigenvalue weighted by Crippen LogP contribution is -2.21. The Hall–Kier alpha value is -2.59. The Morgan fingerprint density at radius 3 is 2.53 bits per heavy atom. The summed E-state index contributed by atoms with van der Waals surface area (Å²) in [4.78, 5) is 16.7. The molecule has 1 aromatic carbocycles. The van der Waals surface area contributed by atoms with E-state index in [-0.39, 0.29) is 6.04 Å². The van der Waals surface area contributed by atoms with Crippen LogP contribution in [0.25, 0.3) is 27.5 Å². The highest BCUT2D eigenvalue weighted by molar-refractivity contribution is 6.41. The average molecular weight is 561 g/mol. The van der Waals surface area contributed by atoms with Gasteiger partial charge in [-0.05, 0) is 69.4 Å². The number of nitrogens with zero attached hydrogens (tertiary/aromatic N) is 5. The molecule has 1 N–H and O–H groups in total. The number of aromatic nitrogens is 3. The van der Waals surface area contributed by atoms with Gasteiger partial charge in [0.25, 0.3) is 0 Å². The van der Waals surface area contributed by atoms with E-state index in [1.165, 1.54) is 25.9 Å². The van der Waals surface area contributed by atoms with Gasteiger partial charge in [0.1, 0.15) is 17.3 Å². The quantitative estimate of drug-likeness (QED) is 0.281. The Morgan fingerprint density at radius 1 is 1.08 bits per heavy atom. The summed E-state index contributed by atoms with van der Waals surface area (Å²) in [5.41, 5.74) is 1.80. The minimum Gasteiger partial charge on any atom is -0.495 e. The largest absolute Gasteiger partial charge is 0.495 e. The molecule has 0 spiro atoms. The molecule has 0 saturated carbocycles. The molecule has 1 unspecified atom stereocenters. The van der Waals surface area contributed by atoms with Crippen molar-refractivity contribution in [3.05, 3.63) is 33.7 Å². The van der Waals surface area contributed by atoms with Gasteiger partial charge in [0.2, 0.25) is 0 Å². The van der Waals surface area contributed by atoms with Crippen LogP contribution < -0.4 is 14.8 Å². The van der Waals surface area contributed by atoms with Crippen LogP contribution in [0.4, 0.5) is 11.8 Å².